The maximum Gasteiger partial charge on any atom is -0.0226 e. The van der Waals surface area contributed by atoms with E-state index in [4.69, 9.17) is 0 Å². The molecule has 0 saturated heterocycles. The number of hydrogen-bond donors (Lipinski definition) is 0. The van der Waals surface area contributed by atoms with Gasteiger partial charge in [0.1, 0.15) is 0 Å². The maximum atomic E-state index is 2.56. The van der Waals surface area contributed by atoms with Crippen LogP contribution < -0.4 is 0 Å². The molecule has 86 valence electrons. The third-order valence-corrected chi connectivity index (χ3v) is 6.07. The van der Waals surface area contributed by atoms with Gasteiger partial charge in [-0.2, -0.15) is 0 Å². The first-order valence-corrected chi connectivity index (χ1v) is 7.03. The summed E-state index contributed by atoms with van der Waals surface area (Å²) in [6, 6.07) is 0. The highest BCUT2D eigenvalue weighted by Crippen LogP contribution is 2.90. The maximum absolute atomic E-state index is 2.56. The molecule has 0 aromatic carbocycles. The molecule has 0 heterocycles. The molecule has 3 fully saturated rings. The molecule has 15 heavy (non-hydrogen) atoms. The molecule has 0 spiro atoms. The van der Waals surface area contributed by atoms with Gasteiger partial charge in [-0.25, -0.2) is 0 Å². The molecule has 0 heteroatoms. The van der Waals surface area contributed by atoms with E-state index in [0.29, 0.717) is 0 Å². The van der Waals surface area contributed by atoms with Crippen molar-refractivity contribution < 1.29 is 0 Å². The van der Waals surface area contributed by atoms with Crippen LogP contribution in [-0.2, 0) is 0 Å². The number of hydrogen-bond acceptors (Lipinski definition) is 0. The van der Waals surface area contributed by atoms with Crippen molar-refractivity contribution in [2.45, 2.75) is 47.5 Å². The van der Waals surface area contributed by atoms with E-state index in [2.05, 4.69) is 34.6 Å². The quantitative estimate of drug-likeness (QED) is 0.646. The Morgan fingerprint density at radius 3 is 2.27 bits per heavy atom. The number of rotatable bonds is 4. The Balaban J connectivity index is 1.56. The largest absolute Gasteiger partial charge is 0.0651 e. The van der Waals surface area contributed by atoms with Crippen LogP contribution in [0.25, 0.3) is 0 Å². The molecule has 7 atom stereocenters. The smallest absolute Gasteiger partial charge is 0.0226 e. The highest BCUT2D eigenvalue weighted by Gasteiger charge is 2.86. The van der Waals surface area contributed by atoms with Crippen LogP contribution in [0.2, 0.25) is 0 Å². The Morgan fingerprint density at radius 2 is 1.80 bits per heavy atom. The average molecular weight is 206 g/mol. The molecular weight excluding hydrogens is 180 g/mol. The summed E-state index contributed by atoms with van der Waals surface area (Å²) in [5, 5.41) is 0. The van der Waals surface area contributed by atoms with Crippen LogP contribution in [0.15, 0.2) is 0 Å². The molecule has 3 rings (SSSR count). The van der Waals surface area contributed by atoms with Crippen molar-refractivity contribution in [3.63, 3.8) is 0 Å². The van der Waals surface area contributed by atoms with Gasteiger partial charge in [-0.3, -0.25) is 0 Å². The van der Waals surface area contributed by atoms with Gasteiger partial charge in [0.25, 0.3) is 0 Å². The summed E-state index contributed by atoms with van der Waals surface area (Å²) < 4.78 is 0. The summed E-state index contributed by atoms with van der Waals surface area (Å²) in [6.07, 6.45) is 2.93. The first kappa shape index (κ1) is 10.2. The average Bonchev–Trinajstić information content (AvgIpc) is 3.03. The molecule has 0 aromatic heterocycles. The van der Waals surface area contributed by atoms with Gasteiger partial charge >= 0.3 is 0 Å². The molecule has 0 amide bonds. The fraction of sp³-hybridized carbons (Fsp3) is 1.00. The lowest BCUT2D eigenvalue weighted by atomic mass is 9.90. The van der Waals surface area contributed by atoms with E-state index < -0.39 is 0 Å². The molecule has 3 saturated carbocycles. The van der Waals surface area contributed by atoms with E-state index in [1.165, 1.54) is 12.8 Å². The molecule has 0 aromatic rings. The van der Waals surface area contributed by atoms with Crippen molar-refractivity contribution in [2.75, 3.05) is 0 Å². The van der Waals surface area contributed by atoms with Crippen molar-refractivity contribution in [3.8, 4) is 0 Å². The van der Waals surface area contributed by atoms with Gasteiger partial charge in [0.2, 0.25) is 0 Å². The minimum atomic E-state index is 0.833. The predicted octanol–water partition coefficient (Wildman–Crippen LogP) is 4.21. The normalized spacial score (nSPS) is 60.4. The monoisotopic (exact) mass is 206 g/mol. The molecule has 0 N–H and O–H groups in total. The van der Waals surface area contributed by atoms with Crippen molar-refractivity contribution in [1.82, 2.24) is 0 Å². The Labute approximate surface area is 94.8 Å². The van der Waals surface area contributed by atoms with Gasteiger partial charge in [0.15, 0.2) is 0 Å². The molecule has 3 aliphatic carbocycles. The van der Waals surface area contributed by atoms with E-state index in [9.17, 15) is 0 Å². The standard InChI is InChI=1S/C15H26/c1-6-11-13-14(15(11,13)5)12-9(4)10(12)7-8(2)3/h8-14H,6-7H2,1-5H3. The zero-order chi connectivity index (χ0) is 11.0. The molecule has 3 aliphatic rings. The lowest BCUT2D eigenvalue weighted by Gasteiger charge is -2.15. The lowest BCUT2D eigenvalue weighted by Crippen LogP contribution is -2.09. The van der Waals surface area contributed by atoms with E-state index >= 15 is 0 Å². The van der Waals surface area contributed by atoms with Gasteiger partial charge < -0.3 is 0 Å². The van der Waals surface area contributed by atoms with Crippen LogP contribution in [0.4, 0.5) is 0 Å². The second-order valence-corrected chi connectivity index (χ2v) is 7.16. The van der Waals surface area contributed by atoms with Crippen LogP contribution in [0.3, 0.4) is 0 Å². The summed E-state index contributed by atoms with van der Waals surface area (Å²) >= 11 is 0. The van der Waals surface area contributed by atoms with E-state index in [1.807, 2.05) is 0 Å². The SMILES string of the molecule is CCC1C2C(C3C(C)C3CC(C)C)C12C. The third kappa shape index (κ3) is 1.14. The van der Waals surface area contributed by atoms with Gasteiger partial charge in [-0.1, -0.05) is 41.0 Å². The lowest BCUT2D eigenvalue weighted by molar-refractivity contribution is 0.329. The highest BCUT2D eigenvalue weighted by molar-refractivity contribution is 5.32. The van der Waals surface area contributed by atoms with Gasteiger partial charge in [0, 0.05) is 0 Å². The van der Waals surface area contributed by atoms with Crippen LogP contribution in [0.1, 0.15) is 47.5 Å². The first-order valence-electron chi connectivity index (χ1n) is 7.03. The van der Waals surface area contributed by atoms with Crippen LogP contribution in [-0.4, -0.2) is 0 Å². The Hall–Kier alpha value is 0. The highest BCUT2D eigenvalue weighted by atomic mass is 14.9. The van der Waals surface area contributed by atoms with Crippen molar-refractivity contribution in [3.05, 3.63) is 0 Å². The summed E-state index contributed by atoms with van der Waals surface area (Å²) in [7, 11) is 0. The second-order valence-electron chi connectivity index (χ2n) is 7.16. The molecule has 7 unspecified atom stereocenters. The number of fused-ring (bicyclic) bond motifs is 1. The summed E-state index contributed by atoms with van der Waals surface area (Å²) in [6.45, 7) is 12.2. The van der Waals surface area contributed by atoms with E-state index in [-0.39, 0.29) is 0 Å². The Bertz CT molecular complexity index is 280. The fourth-order valence-corrected chi connectivity index (χ4v) is 5.08. The minimum absolute atomic E-state index is 0.833. The van der Waals surface area contributed by atoms with Crippen molar-refractivity contribution in [2.24, 2.45) is 46.8 Å². The second kappa shape index (κ2) is 2.81. The summed E-state index contributed by atoms with van der Waals surface area (Å²) in [5.74, 6) is 7.62. The van der Waals surface area contributed by atoms with Crippen LogP contribution in [0, 0.1) is 46.8 Å². The van der Waals surface area contributed by atoms with Gasteiger partial charge in [0.05, 0.1) is 0 Å². The molecule has 0 radical (unpaired) electrons. The van der Waals surface area contributed by atoms with Gasteiger partial charge in [-0.05, 0) is 53.3 Å². The van der Waals surface area contributed by atoms with Crippen molar-refractivity contribution >= 4 is 0 Å². The van der Waals surface area contributed by atoms with E-state index in [1.54, 1.807) is 0 Å². The summed E-state index contributed by atoms with van der Waals surface area (Å²) in [4.78, 5) is 0. The van der Waals surface area contributed by atoms with E-state index in [0.717, 1.165) is 46.8 Å². The zero-order valence-corrected chi connectivity index (χ0v) is 11.0. The Kier molecular flexibility index (Phi) is 1.91. The fourth-order valence-electron chi connectivity index (χ4n) is 5.08. The molecule has 0 nitrogen and oxygen atoms in total. The molecule has 0 aliphatic heterocycles. The van der Waals surface area contributed by atoms with Crippen molar-refractivity contribution in [1.29, 1.82) is 0 Å². The topological polar surface area (TPSA) is 0 Å². The van der Waals surface area contributed by atoms with Crippen LogP contribution in [0.5, 0.6) is 0 Å². The van der Waals surface area contributed by atoms with Crippen LogP contribution >= 0.6 is 0 Å². The minimum Gasteiger partial charge on any atom is -0.0651 e. The summed E-state index contributed by atoms with van der Waals surface area (Å²) in [5.41, 5.74) is 0.833. The first-order chi connectivity index (χ1) is 7.03. The van der Waals surface area contributed by atoms with Gasteiger partial charge in [-0.15, -0.1) is 0 Å². The Morgan fingerprint density at radius 1 is 1.20 bits per heavy atom. The zero-order valence-electron chi connectivity index (χ0n) is 11.0. The molecule has 0 bridgehead atoms. The molecular formula is C15H26. The third-order valence-electron chi connectivity index (χ3n) is 6.07. The predicted molar refractivity (Wildman–Crippen MR) is 64.5 cm³/mol.